The minimum absolute atomic E-state index is 0.335. The summed E-state index contributed by atoms with van der Waals surface area (Å²) in [6, 6.07) is -1.20. The summed E-state index contributed by atoms with van der Waals surface area (Å²) >= 11 is 0. The van der Waals surface area contributed by atoms with Gasteiger partial charge in [0.25, 0.3) is 0 Å². The highest BCUT2D eigenvalue weighted by molar-refractivity contribution is 5.76. The molecule has 1 saturated heterocycles. The van der Waals surface area contributed by atoms with Crippen molar-refractivity contribution < 1.29 is 39.3 Å². The minimum atomic E-state index is -2.39. The summed E-state index contributed by atoms with van der Waals surface area (Å²) in [5.41, 5.74) is 8.17. The zero-order valence-electron chi connectivity index (χ0n) is 12.3. The maximum Gasteiger partial charge on any atom is 0.339 e. The van der Waals surface area contributed by atoms with Gasteiger partial charge in [-0.15, -0.1) is 0 Å². The molecule has 1 fully saturated rings. The van der Waals surface area contributed by atoms with E-state index in [-0.39, 0.29) is 5.96 Å². The Balaban J connectivity index is 3.25. The SMILES string of the molecule is CC1C([NH+]=C(N)N)C(F)C(C)(C(=O)[O-])OC1[C@H](O)[C@H](O)CO. The van der Waals surface area contributed by atoms with Gasteiger partial charge in [0, 0.05) is 5.92 Å². The Morgan fingerprint density at radius 1 is 1.50 bits per heavy atom. The fourth-order valence-electron chi connectivity index (χ4n) is 2.53. The van der Waals surface area contributed by atoms with E-state index in [1.165, 1.54) is 6.92 Å². The lowest BCUT2D eigenvalue weighted by Crippen LogP contribution is -2.91. The molecule has 1 heterocycles. The summed E-state index contributed by atoms with van der Waals surface area (Å²) in [4.78, 5) is 13.7. The van der Waals surface area contributed by atoms with E-state index in [0.717, 1.165) is 6.92 Å². The standard InChI is InChI=1S/C12H22FN3O6/c1-4-6(16-11(14)15)9(13)12(2,10(20)21)22-8(4)7(19)5(18)3-17/h4-9,17-19H,3H2,1-2H3,(H,20,21)(H4,14,15,16)/t4?,5-,6?,7-,8?,9?,12?/m1/s1. The zero-order chi connectivity index (χ0) is 17.2. The van der Waals surface area contributed by atoms with Gasteiger partial charge in [-0.25, -0.2) is 4.39 Å². The lowest BCUT2D eigenvalue weighted by Gasteiger charge is -2.48. The Morgan fingerprint density at radius 3 is 2.45 bits per heavy atom. The van der Waals surface area contributed by atoms with Crippen LogP contribution in [0.15, 0.2) is 0 Å². The second kappa shape index (κ2) is 6.73. The van der Waals surface area contributed by atoms with Crippen molar-refractivity contribution in [2.75, 3.05) is 6.61 Å². The number of guanidine groups is 1. The first-order valence-electron chi connectivity index (χ1n) is 6.71. The van der Waals surface area contributed by atoms with E-state index < -0.39 is 54.6 Å². The fourth-order valence-corrected chi connectivity index (χ4v) is 2.53. The molecule has 0 spiro atoms. The third kappa shape index (κ3) is 3.29. The lowest BCUT2D eigenvalue weighted by atomic mass is 9.78. The van der Waals surface area contributed by atoms with E-state index in [0.29, 0.717) is 0 Å². The van der Waals surface area contributed by atoms with Crippen LogP contribution in [-0.2, 0) is 9.53 Å². The van der Waals surface area contributed by atoms with Crippen LogP contribution < -0.4 is 21.6 Å². The highest BCUT2D eigenvalue weighted by Gasteiger charge is 2.55. The molecule has 1 aliphatic rings. The van der Waals surface area contributed by atoms with Crippen LogP contribution in [0, 0.1) is 5.92 Å². The molecule has 0 amide bonds. The van der Waals surface area contributed by atoms with Crippen LogP contribution in [0.2, 0.25) is 0 Å². The van der Waals surface area contributed by atoms with Gasteiger partial charge in [0.15, 0.2) is 6.17 Å². The average Bonchev–Trinajstić information content (AvgIpc) is 2.45. The Labute approximate surface area is 126 Å². The lowest BCUT2D eigenvalue weighted by molar-refractivity contribution is -0.544. The molecule has 0 aromatic heterocycles. The molecule has 0 aliphatic carbocycles. The van der Waals surface area contributed by atoms with Gasteiger partial charge in [-0.1, -0.05) is 6.92 Å². The van der Waals surface area contributed by atoms with Crippen molar-refractivity contribution in [2.24, 2.45) is 17.4 Å². The van der Waals surface area contributed by atoms with Gasteiger partial charge in [-0.05, 0) is 6.92 Å². The van der Waals surface area contributed by atoms with E-state index in [1.807, 2.05) is 0 Å². The molecule has 22 heavy (non-hydrogen) atoms. The molecule has 1 rings (SSSR count). The Morgan fingerprint density at radius 2 is 2.05 bits per heavy atom. The first kappa shape index (κ1) is 18.6. The predicted octanol–water partition coefficient (Wildman–Crippen LogP) is -5.70. The molecule has 0 aromatic carbocycles. The largest absolute Gasteiger partial charge is 0.547 e. The molecule has 1 aliphatic heterocycles. The van der Waals surface area contributed by atoms with Crippen LogP contribution in [0.5, 0.6) is 0 Å². The van der Waals surface area contributed by atoms with Gasteiger partial charge < -0.3 is 30.0 Å². The number of nitrogens with two attached hydrogens (primary N) is 2. The first-order chi connectivity index (χ1) is 10.1. The maximum absolute atomic E-state index is 14.6. The van der Waals surface area contributed by atoms with Gasteiger partial charge >= 0.3 is 5.96 Å². The van der Waals surface area contributed by atoms with Gasteiger partial charge in [0.1, 0.15) is 23.9 Å². The third-order valence-corrected chi connectivity index (χ3v) is 3.96. The molecule has 0 radical (unpaired) electrons. The number of rotatable bonds is 5. The van der Waals surface area contributed by atoms with E-state index >= 15 is 0 Å². The van der Waals surface area contributed by atoms with Crippen molar-refractivity contribution in [1.29, 1.82) is 0 Å². The van der Waals surface area contributed by atoms with Crippen molar-refractivity contribution in [1.82, 2.24) is 0 Å². The Hall–Kier alpha value is -1.49. The van der Waals surface area contributed by atoms with Gasteiger partial charge in [0.05, 0.1) is 18.7 Å². The molecule has 7 atom stereocenters. The number of ether oxygens (including phenoxy) is 1. The van der Waals surface area contributed by atoms with Crippen molar-refractivity contribution in [3.8, 4) is 0 Å². The highest BCUT2D eigenvalue weighted by Crippen LogP contribution is 2.35. The number of carbonyl (C=O) groups excluding carboxylic acids is 1. The summed E-state index contributed by atoms with van der Waals surface area (Å²) in [5, 5.41) is 39.7. The number of halogens is 1. The quantitative estimate of drug-likeness (QED) is 0.214. The molecule has 10 heteroatoms. The molecule has 128 valence electrons. The normalized spacial score (nSPS) is 38.1. The van der Waals surface area contributed by atoms with Crippen LogP contribution in [0.25, 0.3) is 0 Å². The van der Waals surface area contributed by atoms with Gasteiger partial charge in [-0.3, -0.25) is 16.5 Å². The summed E-state index contributed by atoms with van der Waals surface area (Å²) < 4.78 is 19.7. The third-order valence-electron chi connectivity index (χ3n) is 3.96. The van der Waals surface area contributed by atoms with Crippen molar-refractivity contribution in [2.45, 2.75) is 50.0 Å². The summed E-state index contributed by atoms with van der Waals surface area (Å²) in [6.07, 6.45) is -6.61. The molecule has 5 unspecified atom stereocenters. The Kier molecular flexibility index (Phi) is 5.68. The van der Waals surface area contributed by atoms with Gasteiger partial charge in [0.2, 0.25) is 0 Å². The van der Waals surface area contributed by atoms with E-state index in [2.05, 4.69) is 4.99 Å². The number of hydrogen-bond donors (Lipinski definition) is 6. The number of aliphatic carboxylic acids is 1. The van der Waals surface area contributed by atoms with Crippen LogP contribution in [0.3, 0.4) is 0 Å². The second-order valence-electron chi connectivity index (χ2n) is 5.60. The molecular formula is C12H22FN3O6. The summed E-state index contributed by atoms with van der Waals surface area (Å²) in [7, 11) is 0. The highest BCUT2D eigenvalue weighted by atomic mass is 19.1. The number of carboxylic acid groups (broad SMARTS) is 1. The number of aliphatic hydroxyl groups excluding tert-OH is 3. The molecular weight excluding hydrogens is 301 g/mol. The molecule has 0 saturated carbocycles. The maximum atomic E-state index is 14.6. The molecule has 8 N–H and O–H groups in total. The predicted molar refractivity (Wildman–Crippen MR) is 69.6 cm³/mol. The van der Waals surface area contributed by atoms with Crippen molar-refractivity contribution >= 4 is 11.9 Å². The number of carbonyl (C=O) groups is 1. The van der Waals surface area contributed by atoms with Crippen LogP contribution >= 0.6 is 0 Å². The topological polar surface area (TPSA) is 176 Å². The first-order valence-corrected chi connectivity index (χ1v) is 6.71. The monoisotopic (exact) mass is 323 g/mol. The van der Waals surface area contributed by atoms with Gasteiger partial charge in [-0.2, -0.15) is 0 Å². The van der Waals surface area contributed by atoms with Crippen molar-refractivity contribution in [3.63, 3.8) is 0 Å². The van der Waals surface area contributed by atoms with E-state index in [9.17, 15) is 24.5 Å². The number of alkyl halides is 1. The second-order valence-corrected chi connectivity index (χ2v) is 5.60. The number of aliphatic hydroxyl groups is 3. The smallest absolute Gasteiger partial charge is 0.339 e. The van der Waals surface area contributed by atoms with Crippen LogP contribution in [0.1, 0.15) is 13.8 Å². The Bertz CT molecular complexity index is 447. The van der Waals surface area contributed by atoms with Crippen molar-refractivity contribution in [3.05, 3.63) is 0 Å². The summed E-state index contributed by atoms with van der Waals surface area (Å²) in [6.45, 7) is 1.63. The number of carboxylic acids is 1. The number of hydrogen-bond acceptors (Lipinski definition) is 6. The average molecular weight is 323 g/mol. The van der Waals surface area contributed by atoms with Crippen LogP contribution in [0.4, 0.5) is 4.39 Å². The molecule has 0 bridgehead atoms. The molecule has 9 nitrogen and oxygen atoms in total. The zero-order valence-corrected chi connectivity index (χ0v) is 12.3. The fraction of sp³-hybridized carbons (Fsp3) is 0.833. The number of nitrogens with one attached hydrogen (secondary N) is 1. The summed E-state index contributed by atoms with van der Waals surface area (Å²) in [5.74, 6) is -2.98. The minimum Gasteiger partial charge on any atom is -0.547 e. The van der Waals surface area contributed by atoms with Crippen LogP contribution in [-0.4, -0.2) is 70.0 Å². The molecule has 0 aromatic rings. The van der Waals surface area contributed by atoms with E-state index in [4.69, 9.17) is 21.3 Å². The van der Waals surface area contributed by atoms with E-state index in [1.54, 1.807) is 0 Å².